The lowest BCUT2D eigenvalue weighted by Gasteiger charge is -2.28. The zero-order valence-corrected chi connectivity index (χ0v) is 19.7. The molecule has 0 bridgehead atoms. The quantitative estimate of drug-likeness (QED) is 0.653. The molecule has 1 heterocycles. The molecule has 1 aromatic heterocycles. The molecular formula is C23H30N2O4S. The second-order valence-electron chi connectivity index (χ2n) is 9.57. The van der Waals surface area contributed by atoms with Crippen LogP contribution in [0, 0.1) is 25.2 Å². The maximum Gasteiger partial charge on any atom is 0.222 e. The molecule has 0 amide bonds. The first-order valence-corrected chi connectivity index (χ1v) is 11.1. The smallest absolute Gasteiger partial charge is 0.222 e. The molecular weight excluding hydrogens is 400 g/mol. The minimum Gasteiger partial charge on any atom is -0.507 e. The van der Waals surface area contributed by atoms with Gasteiger partial charge in [-0.05, 0) is 48.4 Å². The lowest BCUT2D eigenvalue weighted by atomic mass is 9.78. The summed E-state index contributed by atoms with van der Waals surface area (Å²) in [6.45, 7) is 15.0. The number of anilines is 1. The van der Waals surface area contributed by atoms with E-state index in [9.17, 15) is 18.8 Å². The molecule has 0 aliphatic heterocycles. The SMILES string of the molecule is Cc1oc(N)c(S(=O)(=O)/C(C#N)=C/c2cc(C(C)(C)C)c(O)c(C(C)(C)C)c2)c1C. The number of aromatic hydroxyl groups is 1. The minimum absolute atomic E-state index is 0.180. The fourth-order valence-electron chi connectivity index (χ4n) is 3.28. The van der Waals surface area contributed by atoms with Gasteiger partial charge in [-0.25, -0.2) is 8.42 Å². The number of phenolic OH excluding ortho intramolecular Hbond substituents is 1. The molecule has 0 saturated heterocycles. The average molecular weight is 431 g/mol. The number of nitrogen functional groups attached to an aromatic ring is 1. The molecule has 7 heteroatoms. The van der Waals surface area contributed by atoms with Gasteiger partial charge in [0.2, 0.25) is 15.7 Å². The Labute approximate surface area is 178 Å². The van der Waals surface area contributed by atoms with Gasteiger partial charge in [0.15, 0.2) is 0 Å². The van der Waals surface area contributed by atoms with Crippen molar-refractivity contribution in [3.05, 3.63) is 45.1 Å². The molecule has 30 heavy (non-hydrogen) atoms. The number of sulfone groups is 1. The van der Waals surface area contributed by atoms with E-state index in [0.717, 1.165) is 0 Å². The third-order valence-electron chi connectivity index (χ3n) is 5.07. The number of aryl methyl sites for hydroxylation is 1. The van der Waals surface area contributed by atoms with Crippen molar-refractivity contribution in [1.29, 1.82) is 5.26 Å². The van der Waals surface area contributed by atoms with Crippen LogP contribution in [0.15, 0.2) is 26.4 Å². The number of rotatable bonds is 3. The van der Waals surface area contributed by atoms with E-state index < -0.39 is 14.7 Å². The second kappa shape index (κ2) is 7.51. The van der Waals surface area contributed by atoms with Gasteiger partial charge in [0.1, 0.15) is 27.4 Å². The molecule has 162 valence electrons. The predicted molar refractivity (Wildman–Crippen MR) is 119 cm³/mol. The van der Waals surface area contributed by atoms with Gasteiger partial charge in [0.25, 0.3) is 0 Å². The van der Waals surface area contributed by atoms with Crippen molar-refractivity contribution in [2.45, 2.75) is 71.1 Å². The standard InChI is InChI=1S/C23H30N2O4S/c1-13-14(2)29-21(25)20(13)30(27,28)16(12-24)9-15-10-17(22(3,4)5)19(26)18(11-15)23(6,7)8/h9-11,26H,25H2,1-8H3/b16-9+. The van der Waals surface area contributed by atoms with Crippen molar-refractivity contribution in [2.24, 2.45) is 0 Å². The highest BCUT2D eigenvalue weighted by atomic mass is 32.2. The Morgan fingerprint density at radius 2 is 1.57 bits per heavy atom. The lowest BCUT2D eigenvalue weighted by molar-refractivity contribution is 0.423. The summed E-state index contributed by atoms with van der Waals surface area (Å²) in [7, 11) is -4.18. The highest BCUT2D eigenvalue weighted by Crippen LogP contribution is 2.41. The third-order valence-corrected chi connectivity index (χ3v) is 6.90. The topological polar surface area (TPSA) is 117 Å². The average Bonchev–Trinajstić information content (AvgIpc) is 2.84. The Bertz CT molecular complexity index is 1130. The Kier molecular flexibility index (Phi) is 5.90. The molecule has 0 fully saturated rings. The van der Waals surface area contributed by atoms with Gasteiger partial charge >= 0.3 is 0 Å². The fraction of sp³-hybridized carbons (Fsp3) is 0.435. The minimum atomic E-state index is -4.18. The lowest BCUT2D eigenvalue weighted by Crippen LogP contribution is -2.17. The van der Waals surface area contributed by atoms with E-state index in [1.165, 1.54) is 6.08 Å². The second-order valence-corrected chi connectivity index (χ2v) is 11.4. The van der Waals surface area contributed by atoms with Gasteiger partial charge in [-0.15, -0.1) is 0 Å². The number of allylic oxidation sites excluding steroid dienone is 1. The van der Waals surface area contributed by atoms with Crippen LogP contribution in [0.5, 0.6) is 5.75 Å². The maximum absolute atomic E-state index is 13.2. The first-order valence-electron chi connectivity index (χ1n) is 9.62. The molecule has 1 aromatic carbocycles. The summed E-state index contributed by atoms with van der Waals surface area (Å²) in [6, 6.07) is 5.23. The van der Waals surface area contributed by atoms with Crippen molar-refractivity contribution >= 4 is 21.8 Å². The van der Waals surface area contributed by atoms with Crippen LogP contribution in [-0.2, 0) is 20.7 Å². The van der Waals surface area contributed by atoms with E-state index >= 15 is 0 Å². The molecule has 0 radical (unpaired) electrons. The molecule has 0 aliphatic carbocycles. The van der Waals surface area contributed by atoms with Crippen molar-refractivity contribution in [1.82, 2.24) is 0 Å². The Hall–Kier alpha value is -2.72. The first-order chi connectivity index (χ1) is 13.5. The zero-order valence-electron chi connectivity index (χ0n) is 18.8. The van der Waals surface area contributed by atoms with Crippen LogP contribution < -0.4 is 5.73 Å². The van der Waals surface area contributed by atoms with Crippen LogP contribution in [0.3, 0.4) is 0 Å². The van der Waals surface area contributed by atoms with E-state index in [1.54, 1.807) is 32.0 Å². The number of benzene rings is 1. The third kappa shape index (κ3) is 4.24. The van der Waals surface area contributed by atoms with Crippen molar-refractivity contribution in [3.8, 4) is 11.8 Å². The molecule has 0 aliphatic rings. The van der Waals surface area contributed by atoms with E-state index in [4.69, 9.17) is 10.2 Å². The number of phenols is 1. The molecule has 3 N–H and O–H groups in total. The number of nitrogens with zero attached hydrogens (tertiary/aromatic N) is 1. The van der Waals surface area contributed by atoms with Crippen molar-refractivity contribution in [3.63, 3.8) is 0 Å². The maximum atomic E-state index is 13.2. The Morgan fingerprint density at radius 3 is 1.90 bits per heavy atom. The molecule has 6 nitrogen and oxygen atoms in total. The van der Waals surface area contributed by atoms with Crippen LogP contribution in [0.2, 0.25) is 0 Å². The summed E-state index contributed by atoms with van der Waals surface area (Å²) in [4.78, 5) is -0.623. The highest BCUT2D eigenvalue weighted by molar-refractivity contribution is 7.96. The Morgan fingerprint density at radius 1 is 1.10 bits per heavy atom. The van der Waals surface area contributed by atoms with E-state index in [2.05, 4.69) is 0 Å². The number of nitriles is 1. The summed E-state index contributed by atoms with van der Waals surface area (Å²) in [5, 5.41) is 20.5. The number of furan rings is 1. The summed E-state index contributed by atoms with van der Waals surface area (Å²) in [6.07, 6.45) is 1.32. The number of hydrogen-bond donors (Lipinski definition) is 2. The van der Waals surface area contributed by atoms with E-state index in [-0.39, 0.29) is 27.4 Å². The summed E-state index contributed by atoms with van der Waals surface area (Å²) >= 11 is 0. The van der Waals surface area contributed by atoms with Crippen LogP contribution >= 0.6 is 0 Å². The van der Waals surface area contributed by atoms with Gasteiger partial charge in [0, 0.05) is 16.7 Å². The first kappa shape index (κ1) is 23.6. The van der Waals surface area contributed by atoms with Crippen LogP contribution in [-0.4, -0.2) is 13.5 Å². The van der Waals surface area contributed by atoms with Crippen LogP contribution in [0.4, 0.5) is 5.88 Å². The molecule has 0 spiro atoms. The molecule has 2 rings (SSSR count). The summed E-state index contributed by atoms with van der Waals surface area (Å²) in [5.41, 5.74) is 7.24. The number of hydrogen-bond acceptors (Lipinski definition) is 6. The van der Waals surface area contributed by atoms with Gasteiger partial charge in [-0.3, -0.25) is 0 Å². The van der Waals surface area contributed by atoms with E-state index in [1.807, 2.05) is 41.5 Å². The van der Waals surface area contributed by atoms with Gasteiger partial charge in [-0.1, -0.05) is 41.5 Å². The highest BCUT2D eigenvalue weighted by Gasteiger charge is 2.31. The predicted octanol–water partition coefficient (Wildman–Crippen LogP) is 5.12. The zero-order chi connectivity index (χ0) is 23.2. The Balaban J connectivity index is 2.81. The largest absolute Gasteiger partial charge is 0.507 e. The molecule has 2 aromatic rings. The monoisotopic (exact) mass is 430 g/mol. The van der Waals surface area contributed by atoms with Gasteiger partial charge in [0.05, 0.1) is 0 Å². The summed E-state index contributed by atoms with van der Waals surface area (Å²) in [5.74, 6) is 0.333. The van der Waals surface area contributed by atoms with Gasteiger partial charge < -0.3 is 15.3 Å². The molecule has 0 atom stereocenters. The van der Waals surface area contributed by atoms with Crippen LogP contribution in [0.25, 0.3) is 6.08 Å². The van der Waals surface area contributed by atoms with Crippen molar-refractivity contribution < 1.29 is 17.9 Å². The molecule has 0 saturated carbocycles. The van der Waals surface area contributed by atoms with Gasteiger partial charge in [-0.2, -0.15) is 5.26 Å². The summed E-state index contributed by atoms with van der Waals surface area (Å²) < 4.78 is 31.6. The molecule has 0 unspecified atom stereocenters. The normalized spacial score (nSPS) is 13.4. The van der Waals surface area contributed by atoms with Crippen LogP contribution in [0.1, 0.15) is 69.6 Å². The van der Waals surface area contributed by atoms with E-state index in [0.29, 0.717) is 28.0 Å². The fourth-order valence-corrected chi connectivity index (χ4v) is 4.77. The number of nitrogens with two attached hydrogens (primary N) is 1. The van der Waals surface area contributed by atoms with Crippen molar-refractivity contribution in [2.75, 3.05) is 5.73 Å².